The SMILES string of the molecule is CC(C)NC(=O)[C@H](C)N(Cc1ccccc1)C(=O)CCc1ccc2c(c1)OCO2. The zero-order valence-corrected chi connectivity index (χ0v) is 17.2. The summed E-state index contributed by atoms with van der Waals surface area (Å²) in [5, 5.41) is 2.90. The van der Waals surface area contributed by atoms with Crippen LogP contribution in [0.4, 0.5) is 0 Å². The lowest BCUT2D eigenvalue weighted by Crippen LogP contribution is -2.49. The monoisotopic (exact) mass is 396 g/mol. The minimum absolute atomic E-state index is 0.0206. The zero-order chi connectivity index (χ0) is 20.8. The van der Waals surface area contributed by atoms with E-state index in [4.69, 9.17) is 9.47 Å². The van der Waals surface area contributed by atoms with Crippen LogP contribution in [0.2, 0.25) is 0 Å². The van der Waals surface area contributed by atoms with E-state index in [1.165, 1.54) is 0 Å². The number of nitrogens with one attached hydrogen (secondary N) is 1. The molecule has 6 nitrogen and oxygen atoms in total. The van der Waals surface area contributed by atoms with E-state index in [0.29, 0.717) is 25.1 Å². The highest BCUT2D eigenvalue weighted by molar-refractivity contribution is 5.87. The maximum Gasteiger partial charge on any atom is 0.242 e. The van der Waals surface area contributed by atoms with E-state index >= 15 is 0 Å². The summed E-state index contributed by atoms with van der Waals surface area (Å²) in [5.41, 5.74) is 2.00. The molecule has 0 unspecified atom stereocenters. The minimum atomic E-state index is -0.554. The third-order valence-corrected chi connectivity index (χ3v) is 4.86. The molecule has 29 heavy (non-hydrogen) atoms. The van der Waals surface area contributed by atoms with E-state index in [1.807, 2.05) is 62.4 Å². The molecule has 1 aliphatic heterocycles. The number of fused-ring (bicyclic) bond motifs is 1. The van der Waals surface area contributed by atoms with Crippen LogP contribution < -0.4 is 14.8 Å². The van der Waals surface area contributed by atoms with Gasteiger partial charge in [0.05, 0.1) is 0 Å². The first-order chi connectivity index (χ1) is 13.9. The van der Waals surface area contributed by atoms with E-state index < -0.39 is 6.04 Å². The Bertz CT molecular complexity index is 851. The maximum absolute atomic E-state index is 13.1. The molecule has 1 aliphatic rings. The fraction of sp³-hybridized carbons (Fsp3) is 0.391. The number of benzene rings is 2. The van der Waals surface area contributed by atoms with Crippen molar-refractivity contribution in [3.8, 4) is 11.5 Å². The number of amides is 2. The van der Waals surface area contributed by atoms with Crippen molar-refractivity contribution in [1.82, 2.24) is 10.2 Å². The Morgan fingerprint density at radius 2 is 1.72 bits per heavy atom. The fourth-order valence-electron chi connectivity index (χ4n) is 3.26. The molecule has 6 heteroatoms. The van der Waals surface area contributed by atoms with Gasteiger partial charge in [-0.15, -0.1) is 0 Å². The van der Waals surface area contributed by atoms with Gasteiger partial charge in [0.1, 0.15) is 6.04 Å². The Morgan fingerprint density at radius 3 is 2.45 bits per heavy atom. The van der Waals surface area contributed by atoms with Crippen molar-refractivity contribution in [2.45, 2.75) is 52.2 Å². The lowest BCUT2D eigenvalue weighted by Gasteiger charge is -2.29. The largest absolute Gasteiger partial charge is 0.454 e. The summed E-state index contributed by atoms with van der Waals surface area (Å²) in [5.74, 6) is 1.23. The van der Waals surface area contributed by atoms with Gasteiger partial charge in [0.15, 0.2) is 11.5 Å². The Kier molecular flexibility index (Phi) is 6.75. The highest BCUT2D eigenvalue weighted by atomic mass is 16.7. The summed E-state index contributed by atoms with van der Waals surface area (Å²) in [7, 11) is 0. The van der Waals surface area contributed by atoms with Gasteiger partial charge in [0.25, 0.3) is 0 Å². The number of aryl methyl sites for hydroxylation is 1. The molecule has 0 aromatic heterocycles. The fourth-order valence-corrected chi connectivity index (χ4v) is 3.26. The quantitative estimate of drug-likeness (QED) is 0.744. The van der Waals surface area contributed by atoms with E-state index in [9.17, 15) is 9.59 Å². The third kappa shape index (κ3) is 5.50. The molecule has 1 N–H and O–H groups in total. The Hall–Kier alpha value is -3.02. The van der Waals surface area contributed by atoms with Gasteiger partial charge in [0, 0.05) is 19.0 Å². The van der Waals surface area contributed by atoms with Crippen molar-refractivity contribution >= 4 is 11.8 Å². The van der Waals surface area contributed by atoms with Gasteiger partial charge in [-0.05, 0) is 50.5 Å². The standard InChI is InChI=1S/C23H28N2O4/c1-16(2)24-23(27)17(3)25(14-19-7-5-4-6-8-19)22(26)12-10-18-9-11-20-21(13-18)29-15-28-20/h4-9,11,13,16-17H,10,12,14-15H2,1-3H3,(H,24,27)/t17-/m0/s1. The maximum atomic E-state index is 13.1. The van der Waals surface area contributed by atoms with Gasteiger partial charge in [-0.1, -0.05) is 36.4 Å². The highest BCUT2D eigenvalue weighted by Gasteiger charge is 2.26. The van der Waals surface area contributed by atoms with E-state index in [2.05, 4.69) is 5.32 Å². The van der Waals surface area contributed by atoms with Gasteiger partial charge in [-0.2, -0.15) is 0 Å². The molecule has 0 saturated carbocycles. The van der Waals surface area contributed by atoms with Crippen molar-refractivity contribution in [1.29, 1.82) is 0 Å². The zero-order valence-electron chi connectivity index (χ0n) is 17.2. The van der Waals surface area contributed by atoms with Gasteiger partial charge in [-0.3, -0.25) is 9.59 Å². The lowest BCUT2D eigenvalue weighted by molar-refractivity contribution is -0.140. The summed E-state index contributed by atoms with van der Waals surface area (Å²) >= 11 is 0. The van der Waals surface area contributed by atoms with Crippen LogP contribution in [0.1, 0.15) is 38.3 Å². The third-order valence-electron chi connectivity index (χ3n) is 4.86. The van der Waals surface area contributed by atoms with Crippen LogP contribution in [-0.4, -0.2) is 35.6 Å². The van der Waals surface area contributed by atoms with Crippen LogP contribution in [0.5, 0.6) is 11.5 Å². The molecule has 3 rings (SSSR count). The summed E-state index contributed by atoms with van der Waals surface area (Å²) in [6.45, 7) is 6.22. The number of carbonyl (C=O) groups is 2. The van der Waals surface area contributed by atoms with E-state index in [1.54, 1.807) is 11.8 Å². The molecule has 2 aromatic carbocycles. The first kappa shape index (κ1) is 20.7. The number of hydrogen-bond donors (Lipinski definition) is 1. The summed E-state index contributed by atoms with van der Waals surface area (Å²) in [4.78, 5) is 27.3. The molecule has 0 fully saturated rings. The molecule has 1 heterocycles. The molecular weight excluding hydrogens is 368 g/mol. The van der Waals surface area contributed by atoms with Crippen LogP contribution in [-0.2, 0) is 22.6 Å². The predicted octanol–water partition coefficient (Wildman–Crippen LogP) is 3.29. The van der Waals surface area contributed by atoms with Crippen LogP contribution in [0.3, 0.4) is 0 Å². The molecular formula is C23H28N2O4. The first-order valence-corrected chi connectivity index (χ1v) is 9.96. The molecule has 0 radical (unpaired) electrons. The predicted molar refractivity (Wildman–Crippen MR) is 111 cm³/mol. The number of rotatable bonds is 8. The average Bonchev–Trinajstić information content (AvgIpc) is 3.18. The van der Waals surface area contributed by atoms with Gasteiger partial charge < -0.3 is 19.7 Å². The van der Waals surface area contributed by atoms with E-state index in [-0.39, 0.29) is 24.6 Å². The Labute approximate surface area is 171 Å². The normalized spacial score (nSPS) is 13.2. The van der Waals surface area contributed by atoms with Crippen molar-refractivity contribution < 1.29 is 19.1 Å². The first-order valence-electron chi connectivity index (χ1n) is 9.96. The molecule has 1 atom stereocenters. The van der Waals surface area contributed by atoms with Gasteiger partial charge >= 0.3 is 0 Å². The summed E-state index contributed by atoms with van der Waals surface area (Å²) < 4.78 is 10.7. The van der Waals surface area contributed by atoms with Gasteiger partial charge in [0.2, 0.25) is 18.6 Å². The summed E-state index contributed by atoms with van der Waals surface area (Å²) in [6.07, 6.45) is 0.880. The smallest absolute Gasteiger partial charge is 0.242 e. The Balaban J connectivity index is 1.70. The topological polar surface area (TPSA) is 67.9 Å². The number of hydrogen-bond acceptors (Lipinski definition) is 4. The molecule has 0 saturated heterocycles. The highest BCUT2D eigenvalue weighted by Crippen LogP contribution is 2.32. The van der Waals surface area contributed by atoms with Crippen molar-refractivity contribution in [3.63, 3.8) is 0 Å². The second kappa shape index (κ2) is 9.45. The molecule has 0 aliphatic carbocycles. The molecule has 154 valence electrons. The van der Waals surface area contributed by atoms with Crippen molar-refractivity contribution in [3.05, 3.63) is 59.7 Å². The lowest BCUT2D eigenvalue weighted by atomic mass is 10.1. The van der Waals surface area contributed by atoms with Crippen LogP contribution in [0.15, 0.2) is 48.5 Å². The number of ether oxygens (including phenoxy) is 2. The molecule has 2 amide bonds. The minimum Gasteiger partial charge on any atom is -0.454 e. The molecule has 2 aromatic rings. The van der Waals surface area contributed by atoms with E-state index in [0.717, 1.165) is 16.9 Å². The van der Waals surface area contributed by atoms with Crippen LogP contribution in [0.25, 0.3) is 0 Å². The molecule has 0 spiro atoms. The number of carbonyl (C=O) groups excluding carboxylic acids is 2. The molecule has 0 bridgehead atoms. The second-order valence-corrected chi connectivity index (χ2v) is 7.53. The van der Waals surface area contributed by atoms with Crippen molar-refractivity contribution in [2.75, 3.05) is 6.79 Å². The van der Waals surface area contributed by atoms with Crippen LogP contribution >= 0.6 is 0 Å². The summed E-state index contributed by atoms with van der Waals surface area (Å²) in [6, 6.07) is 14.9. The van der Waals surface area contributed by atoms with Crippen molar-refractivity contribution in [2.24, 2.45) is 0 Å². The average molecular weight is 396 g/mol. The van der Waals surface area contributed by atoms with Crippen LogP contribution in [0, 0.1) is 0 Å². The van der Waals surface area contributed by atoms with Gasteiger partial charge in [-0.25, -0.2) is 0 Å². The second-order valence-electron chi connectivity index (χ2n) is 7.53. The Morgan fingerprint density at radius 1 is 1.00 bits per heavy atom. The number of nitrogens with zero attached hydrogens (tertiary/aromatic N) is 1.